The molecule has 0 aliphatic rings. The lowest BCUT2D eigenvalue weighted by atomic mass is 9.97. The van der Waals surface area contributed by atoms with Crippen molar-refractivity contribution in [3.63, 3.8) is 0 Å². The summed E-state index contributed by atoms with van der Waals surface area (Å²) < 4.78 is 27.1. The van der Waals surface area contributed by atoms with E-state index in [1.807, 2.05) is 0 Å². The van der Waals surface area contributed by atoms with E-state index in [-0.39, 0.29) is 11.1 Å². The fourth-order valence-electron chi connectivity index (χ4n) is 1.38. The maximum Gasteiger partial charge on any atom is 0.277 e. The number of amides is 1. The molecule has 1 amide bonds. The highest BCUT2D eigenvalue weighted by Gasteiger charge is 2.25. The average molecular weight is 243 g/mol. The van der Waals surface area contributed by atoms with E-state index in [1.165, 1.54) is 40.1 Å². The van der Waals surface area contributed by atoms with Gasteiger partial charge in [-0.3, -0.25) is 9.63 Å². The first-order valence-electron chi connectivity index (χ1n) is 5.08. The molecule has 0 N–H and O–H groups in total. The van der Waals surface area contributed by atoms with Crippen LogP contribution >= 0.6 is 0 Å². The zero-order chi connectivity index (χ0) is 13.2. The highest BCUT2D eigenvalue weighted by Crippen LogP contribution is 2.28. The van der Waals surface area contributed by atoms with Crippen molar-refractivity contribution in [3.8, 4) is 0 Å². The fourth-order valence-corrected chi connectivity index (χ4v) is 1.38. The van der Waals surface area contributed by atoms with Crippen LogP contribution in [0.3, 0.4) is 0 Å². The number of nitrogens with zero attached hydrogens (tertiary/aromatic N) is 1. The third-order valence-electron chi connectivity index (χ3n) is 2.41. The first kappa shape index (κ1) is 13.6. The molecule has 0 aromatic heterocycles. The van der Waals surface area contributed by atoms with E-state index in [0.717, 1.165) is 11.1 Å². The lowest BCUT2D eigenvalue weighted by molar-refractivity contribution is -0.0757. The Morgan fingerprint density at radius 2 is 2.00 bits per heavy atom. The van der Waals surface area contributed by atoms with Crippen molar-refractivity contribution >= 4 is 5.91 Å². The van der Waals surface area contributed by atoms with Crippen LogP contribution in [0.2, 0.25) is 0 Å². The Labute approximate surface area is 98.9 Å². The van der Waals surface area contributed by atoms with Crippen molar-refractivity contribution in [2.24, 2.45) is 0 Å². The number of halogens is 2. The van der Waals surface area contributed by atoms with Crippen molar-refractivity contribution in [3.05, 3.63) is 35.1 Å². The number of hydroxylamine groups is 2. The molecule has 17 heavy (non-hydrogen) atoms. The predicted octanol–water partition coefficient (Wildman–Crippen LogP) is 2.66. The van der Waals surface area contributed by atoms with Crippen LogP contribution in [0.4, 0.5) is 8.78 Å². The van der Waals surface area contributed by atoms with Crippen LogP contribution in [0.25, 0.3) is 0 Å². The predicted molar refractivity (Wildman–Crippen MR) is 59.6 cm³/mol. The SMILES string of the molecule is CON(C)C(=O)c1ccc(F)c(C(C)(C)F)c1. The summed E-state index contributed by atoms with van der Waals surface area (Å²) in [5.74, 6) is -1.13. The van der Waals surface area contributed by atoms with Crippen LogP contribution in [0.5, 0.6) is 0 Å². The van der Waals surface area contributed by atoms with E-state index in [2.05, 4.69) is 0 Å². The van der Waals surface area contributed by atoms with E-state index < -0.39 is 17.4 Å². The van der Waals surface area contributed by atoms with Crippen LogP contribution < -0.4 is 0 Å². The Kier molecular flexibility index (Phi) is 3.83. The highest BCUT2D eigenvalue weighted by molar-refractivity contribution is 5.93. The summed E-state index contributed by atoms with van der Waals surface area (Å²) in [5.41, 5.74) is -1.81. The zero-order valence-corrected chi connectivity index (χ0v) is 10.3. The number of carbonyl (C=O) groups is 1. The van der Waals surface area contributed by atoms with Crippen molar-refractivity contribution in [1.82, 2.24) is 5.06 Å². The molecule has 0 aliphatic heterocycles. The molecular formula is C12H15F2NO2. The Morgan fingerprint density at radius 1 is 1.41 bits per heavy atom. The molecule has 0 saturated carbocycles. The first-order valence-corrected chi connectivity index (χ1v) is 5.08. The van der Waals surface area contributed by atoms with Crippen LogP contribution in [0.1, 0.15) is 29.8 Å². The summed E-state index contributed by atoms with van der Waals surface area (Å²) >= 11 is 0. The van der Waals surface area contributed by atoms with Crippen molar-refractivity contribution in [2.75, 3.05) is 14.2 Å². The fraction of sp³-hybridized carbons (Fsp3) is 0.417. The van der Waals surface area contributed by atoms with Gasteiger partial charge in [-0.25, -0.2) is 13.8 Å². The van der Waals surface area contributed by atoms with E-state index in [0.29, 0.717) is 0 Å². The highest BCUT2D eigenvalue weighted by atomic mass is 19.1. The van der Waals surface area contributed by atoms with Gasteiger partial charge in [0.25, 0.3) is 5.91 Å². The molecule has 0 atom stereocenters. The summed E-state index contributed by atoms with van der Waals surface area (Å²) in [4.78, 5) is 16.4. The van der Waals surface area contributed by atoms with Gasteiger partial charge in [-0.1, -0.05) is 0 Å². The monoisotopic (exact) mass is 243 g/mol. The third kappa shape index (κ3) is 3.00. The minimum Gasteiger partial charge on any atom is -0.274 e. The van der Waals surface area contributed by atoms with E-state index >= 15 is 0 Å². The maximum atomic E-state index is 13.7. The molecule has 0 radical (unpaired) electrons. The summed E-state index contributed by atoms with van der Waals surface area (Å²) in [5, 5.41) is 0.988. The van der Waals surface area contributed by atoms with Gasteiger partial charge in [0.15, 0.2) is 0 Å². The van der Waals surface area contributed by atoms with Gasteiger partial charge in [-0.05, 0) is 32.0 Å². The summed E-state index contributed by atoms with van der Waals surface area (Å²) in [6.07, 6.45) is 0. The molecule has 1 aromatic carbocycles. The van der Waals surface area contributed by atoms with E-state index in [9.17, 15) is 13.6 Å². The number of hydrogen-bond donors (Lipinski definition) is 0. The van der Waals surface area contributed by atoms with Crippen molar-refractivity contribution in [1.29, 1.82) is 0 Å². The lowest BCUT2D eigenvalue weighted by Gasteiger charge is -2.18. The average Bonchev–Trinajstić information content (AvgIpc) is 2.26. The topological polar surface area (TPSA) is 29.5 Å². The number of carbonyl (C=O) groups excluding carboxylic acids is 1. The van der Waals surface area contributed by atoms with E-state index in [4.69, 9.17) is 4.84 Å². The maximum absolute atomic E-state index is 13.7. The van der Waals surface area contributed by atoms with Gasteiger partial charge in [-0.2, -0.15) is 0 Å². The second-order valence-corrected chi connectivity index (χ2v) is 4.15. The van der Waals surface area contributed by atoms with Gasteiger partial charge >= 0.3 is 0 Å². The minimum absolute atomic E-state index is 0.146. The van der Waals surface area contributed by atoms with Gasteiger partial charge < -0.3 is 0 Å². The molecule has 1 aromatic rings. The van der Waals surface area contributed by atoms with Gasteiger partial charge in [0.05, 0.1) is 7.11 Å². The summed E-state index contributed by atoms with van der Waals surface area (Å²) in [7, 11) is 2.76. The number of alkyl halides is 1. The van der Waals surface area contributed by atoms with Crippen LogP contribution in [-0.4, -0.2) is 25.1 Å². The molecule has 0 heterocycles. The molecule has 94 valence electrons. The standard InChI is InChI=1S/C12H15F2NO2/c1-12(2,14)9-7-8(5-6-10(9)13)11(16)15(3)17-4/h5-7H,1-4H3. The second-order valence-electron chi connectivity index (χ2n) is 4.15. The normalized spacial score (nSPS) is 11.4. The first-order chi connectivity index (χ1) is 7.77. The van der Waals surface area contributed by atoms with Crippen LogP contribution in [-0.2, 0) is 10.5 Å². The lowest BCUT2D eigenvalue weighted by Crippen LogP contribution is -2.26. The smallest absolute Gasteiger partial charge is 0.274 e. The molecule has 0 fully saturated rings. The largest absolute Gasteiger partial charge is 0.277 e. The van der Waals surface area contributed by atoms with Gasteiger partial charge in [-0.15, -0.1) is 0 Å². The molecule has 5 heteroatoms. The molecule has 1 rings (SSSR count). The van der Waals surface area contributed by atoms with Crippen LogP contribution in [0.15, 0.2) is 18.2 Å². The Hall–Kier alpha value is -1.49. The minimum atomic E-state index is -1.84. The third-order valence-corrected chi connectivity index (χ3v) is 2.41. The van der Waals surface area contributed by atoms with Gasteiger partial charge in [0.2, 0.25) is 0 Å². The van der Waals surface area contributed by atoms with Gasteiger partial charge in [0.1, 0.15) is 11.5 Å². The molecule has 3 nitrogen and oxygen atoms in total. The molecule has 0 saturated heterocycles. The van der Waals surface area contributed by atoms with E-state index in [1.54, 1.807) is 0 Å². The number of rotatable bonds is 3. The Morgan fingerprint density at radius 3 is 2.47 bits per heavy atom. The number of hydrogen-bond acceptors (Lipinski definition) is 2. The van der Waals surface area contributed by atoms with Crippen LogP contribution in [0, 0.1) is 5.82 Å². The Bertz CT molecular complexity index is 427. The van der Waals surface area contributed by atoms with Gasteiger partial charge in [0, 0.05) is 18.2 Å². The summed E-state index contributed by atoms with van der Waals surface area (Å²) in [6, 6.07) is 3.57. The number of benzene rings is 1. The summed E-state index contributed by atoms with van der Waals surface area (Å²) in [6.45, 7) is 2.47. The van der Waals surface area contributed by atoms with Crippen molar-refractivity contribution < 1.29 is 18.4 Å². The second kappa shape index (κ2) is 4.79. The Balaban J connectivity index is 3.18. The molecule has 0 spiro atoms. The molecule has 0 aliphatic carbocycles. The quantitative estimate of drug-likeness (QED) is 0.764. The zero-order valence-electron chi connectivity index (χ0n) is 10.3. The molecular weight excluding hydrogens is 228 g/mol. The molecule has 0 bridgehead atoms. The van der Waals surface area contributed by atoms with Crippen molar-refractivity contribution in [2.45, 2.75) is 19.5 Å². The molecule has 0 unspecified atom stereocenters.